The summed E-state index contributed by atoms with van der Waals surface area (Å²) < 4.78 is 0. The van der Waals surface area contributed by atoms with Gasteiger partial charge in [-0.15, -0.1) is 0 Å². The molecule has 1 saturated heterocycles. The zero-order chi connectivity index (χ0) is 13.5. The van der Waals surface area contributed by atoms with Crippen LogP contribution in [0, 0.1) is 11.8 Å². The van der Waals surface area contributed by atoms with E-state index in [1.54, 1.807) is 0 Å². The van der Waals surface area contributed by atoms with E-state index in [0.29, 0.717) is 0 Å². The molecule has 3 heteroatoms. The molecule has 3 nitrogen and oxygen atoms in total. The van der Waals surface area contributed by atoms with Gasteiger partial charge in [0, 0.05) is 6.54 Å². The first-order chi connectivity index (χ1) is 9.29. The first-order valence-electron chi connectivity index (χ1n) is 8.30. The van der Waals surface area contributed by atoms with Gasteiger partial charge in [0.05, 0.1) is 6.04 Å². The molecular weight excluding hydrogens is 236 g/mol. The molecule has 2 rings (SSSR count). The molecule has 110 valence electrons. The third kappa shape index (κ3) is 4.79. The van der Waals surface area contributed by atoms with Crippen LogP contribution in [-0.4, -0.2) is 25.0 Å². The van der Waals surface area contributed by atoms with Gasteiger partial charge in [-0.3, -0.25) is 4.79 Å². The molecule has 19 heavy (non-hydrogen) atoms. The molecule has 0 bridgehead atoms. The number of carbonyl (C=O) groups is 1. The SMILES string of the molecule is CCC1CCC(CNC(=O)C2CCCCCN2)CC1. The number of rotatable bonds is 4. The van der Waals surface area contributed by atoms with Gasteiger partial charge in [0.15, 0.2) is 0 Å². The molecule has 2 aliphatic rings. The van der Waals surface area contributed by atoms with Gasteiger partial charge in [-0.2, -0.15) is 0 Å². The Balaban J connectivity index is 1.65. The van der Waals surface area contributed by atoms with Crippen LogP contribution in [0.3, 0.4) is 0 Å². The van der Waals surface area contributed by atoms with Crippen molar-refractivity contribution in [1.82, 2.24) is 10.6 Å². The second-order valence-electron chi connectivity index (χ2n) is 6.40. The summed E-state index contributed by atoms with van der Waals surface area (Å²) in [6.45, 7) is 4.19. The minimum atomic E-state index is 0.0643. The Kier molecular flexibility index (Phi) is 6.15. The van der Waals surface area contributed by atoms with Crippen molar-refractivity contribution in [2.24, 2.45) is 11.8 Å². The molecule has 0 aromatic heterocycles. The topological polar surface area (TPSA) is 41.1 Å². The minimum Gasteiger partial charge on any atom is -0.354 e. The Labute approximate surface area is 117 Å². The lowest BCUT2D eigenvalue weighted by Crippen LogP contribution is -2.45. The van der Waals surface area contributed by atoms with E-state index in [1.807, 2.05) is 0 Å². The summed E-state index contributed by atoms with van der Waals surface area (Å²) in [4.78, 5) is 12.1. The summed E-state index contributed by atoms with van der Waals surface area (Å²) in [6, 6.07) is 0.0643. The van der Waals surface area contributed by atoms with E-state index in [0.717, 1.165) is 31.3 Å². The summed E-state index contributed by atoms with van der Waals surface area (Å²) >= 11 is 0. The maximum Gasteiger partial charge on any atom is 0.237 e. The van der Waals surface area contributed by atoms with Gasteiger partial charge >= 0.3 is 0 Å². The normalized spacial score (nSPS) is 32.6. The van der Waals surface area contributed by atoms with Gasteiger partial charge in [0.1, 0.15) is 0 Å². The second kappa shape index (κ2) is 7.88. The molecule has 1 aliphatic carbocycles. The van der Waals surface area contributed by atoms with Crippen molar-refractivity contribution in [2.45, 2.75) is 70.8 Å². The van der Waals surface area contributed by atoms with E-state index >= 15 is 0 Å². The smallest absolute Gasteiger partial charge is 0.237 e. The fourth-order valence-electron chi connectivity index (χ4n) is 3.46. The zero-order valence-corrected chi connectivity index (χ0v) is 12.4. The van der Waals surface area contributed by atoms with Crippen molar-refractivity contribution in [1.29, 1.82) is 0 Å². The maximum absolute atomic E-state index is 12.1. The highest BCUT2D eigenvalue weighted by molar-refractivity contribution is 5.81. The van der Waals surface area contributed by atoms with E-state index in [4.69, 9.17) is 0 Å². The number of amides is 1. The third-order valence-corrected chi connectivity index (χ3v) is 4.99. The fourth-order valence-corrected chi connectivity index (χ4v) is 3.46. The lowest BCUT2D eigenvalue weighted by Gasteiger charge is -2.28. The molecule has 1 unspecified atom stereocenters. The number of carbonyl (C=O) groups excluding carboxylic acids is 1. The molecule has 1 heterocycles. The summed E-state index contributed by atoms with van der Waals surface area (Å²) in [5.74, 6) is 1.90. The van der Waals surface area contributed by atoms with E-state index in [9.17, 15) is 4.79 Å². The van der Waals surface area contributed by atoms with Crippen molar-refractivity contribution >= 4 is 5.91 Å². The van der Waals surface area contributed by atoms with Crippen molar-refractivity contribution in [3.05, 3.63) is 0 Å². The Morgan fingerprint density at radius 1 is 1.05 bits per heavy atom. The Hall–Kier alpha value is -0.570. The van der Waals surface area contributed by atoms with Gasteiger partial charge in [-0.1, -0.05) is 39.0 Å². The van der Waals surface area contributed by atoms with E-state index < -0.39 is 0 Å². The minimum absolute atomic E-state index is 0.0643. The van der Waals surface area contributed by atoms with Crippen molar-refractivity contribution in [2.75, 3.05) is 13.1 Å². The van der Waals surface area contributed by atoms with Crippen LogP contribution in [0.15, 0.2) is 0 Å². The van der Waals surface area contributed by atoms with Gasteiger partial charge in [-0.25, -0.2) is 0 Å². The van der Waals surface area contributed by atoms with Gasteiger partial charge in [0.25, 0.3) is 0 Å². The fraction of sp³-hybridized carbons (Fsp3) is 0.938. The molecule has 2 fully saturated rings. The van der Waals surface area contributed by atoms with E-state index in [-0.39, 0.29) is 11.9 Å². The predicted octanol–water partition coefficient (Wildman–Crippen LogP) is 2.85. The first kappa shape index (κ1) is 14.8. The van der Waals surface area contributed by atoms with Crippen LogP contribution in [0.5, 0.6) is 0 Å². The number of hydrogen-bond acceptors (Lipinski definition) is 2. The molecule has 1 atom stereocenters. The maximum atomic E-state index is 12.1. The summed E-state index contributed by atoms with van der Waals surface area (Å²) in [7, 11) is 0. The van der Waals surface area contributed by atoms with Gasteiger partial charge in [0.2, 0.25) is 5.91 Å². The van der Waals surface area contributed by atoms with Gasteiger partial charge < -0.3 is 10.6 Å². The molecule has 0 aromatic carbocycles. The molecule has 1 amide bonds. The largest absolute Gasteiger partial charge is 0.354 e. The number of hydrogen-bond donors (Lipinski definition) is 2. The average Bonchev–Trinajstić information content (AvgIpc) is 2.74. The zero-order valence-electron chi connectivity index (χ0n) is 12.4. The molecule has 1 aliphatic heterocycles. The predicted molar refractivity (Wildman–Crippen MR) is 79.0 cm³/mol. The standard InChI is InChI=1S/C16H30N2O/c1-2-13-7-9-14(10-8-13)12-18-16(19)15-6-4-3-5-11-17-15/h13-15,17H,2-12H2,1H3,(H,18,19). The molecule has 2 N–H and O–H groups in total. The highest BCUT2D eigenvalue weighted by Crippen LogP contribution is 2.30. The number of nitrogens with one attached hydrogen (secondary N) is 2. The molecule has 1 saturated carbocycles. The van der Waals surface area contributed by atoms with Crippen LogP contribution >= 0.6 is 0 Å². The molecule has 0 radical (unpaired) electrons. The van der Waals surface area contributed by atoms with Crippen LogP contribution in [0.1, 0.15) is 64.7 Å². The quantitative estimate of drug-likeness (QED) is 0.821. The first-order valence-corrected chi connectivity index (χ1v) is 8.30. The van der Waals surface area contributed by atoms with Crippen LogP contribution < -0.4 is 10.6 Å². The Bertz CT molecular complexity index is 264. The van der Waals surface area contributed by atoms with Crippen LogP contribution in [0.25, 0.3) is 0 Å². The van der Waals surface area contributed by atoms with E-state index in [1.165, 1.54) is 51.4 Å². The monoisotopic (exact) mass is 266 g/mol. The molecule has 0 aromatic rings. The highest BCUT2D eigenvalue weighted by atomic mass is 16.2. The molecular formula is C16H30N2O. The summed E-state index contributed by atoms with van der Waals surface area (Å²) in [5.41, 5.74) is 0. The third-order valence-electron chi connectivity index (χ3n) is 4.99. The van der Waals surface area contributed by atoms with Crippen molar-refractivity contribution in [3.8, 4) is 0 Å². The summed E-state index contributed by atoms with van der Waals surface area (Å²) in [6.07, 6.45) is 11.3. The Morgan fingerprint density at radius 2 is 1.79 bits per heavy atom. The van der Waals surface area contributed by atoms with Crippen LogP contribution in [0.2, 0.25) is 0 Å². The molecule has 0 spiro atoms. The summed E-state index contributed by atoms with van der Waals surface area (Å²) in [5, 5.41) is 6.55. The second-order valence-corrected chi connectivity index (χ2v) is 6.40. The van der Waals surface area contributed by atoms with E-state index in [2.05, 4.69) is 17.6 Å². The lowest BCUT2D eigenvalue weighted by molar-refractivity contribution is -0.123. The Morgan fingerprint density at radius 3 is 2.53 bits per heavy atom. The lowest BCUT2D eigenvalue weighted by atomic mass is 9.81. The van der Waals surface area contributed by atoms with Gasteiger partial charge in [-0.05, 0) is 44.1 Å². The average molecular weight is 266 g/mol. The van der Waals surface area contributed by atoms with Crippen molar-refractivity contribution in [3.63, 3.8) is 0 Å². The van der Waals surface area contributed by atoms with Crippen LogP contribution in [-0.2, 0) is 4.79 Å². The van der Waals surface area contributed by atoms with Crippen LogP contribution in [0.4, 0.5) is 0 Å². The van der Waals surface area contributed by atoms with Crippen molar-refractivity contribution < 1.29 is 4.79 Å². The highest BCUT2D eigenvalue weighted by Gasteiger charge is 2.23.